The van der Waals surface area contributed by atoms with E-state index in [1.807, 2.05) is 13.8 Å². The number of amides is 2. The minimum absolute atomic E-state index is 0.0114. The zero-order valence-electron chi connectivity index (χ0n) is 14.4. The monoisotopic (exact) mass is 332 g/mol. The van der Waals surface area contributed by atoms with Crippen molar-refractivity contribution in [3.8, 4) is 0 Å². The van der Waals surface area contributed by atoms with Crippen LogP contribution in [-0.4, -0.2) is 41.6 Å². The lowest BCUT2D eigenvalue weighted by molar-refractivity contribution is -0.137. The highest BCUT2D eigenvalue weighted by Crippen LogP contribution is 2.24. The molecule has 2 amide bonds. The van der Waals surface area contributed by atoms with Gasteiger partial charge in [-0.2, -0.15) is 0 Å². The van der Waals surface area contributed by atoms with Crippen molar-refractivity contribution in [2.75, 3.05) is 18.0 Å². The SMILES string of the molecule is C=CC(=O)N1CCN(c2ccc(CCC(=O)C(C)C)o2)C(=O)[C@H]1C. The molecular formula is C18H24N2O4. The number of piperazine rings is 1. The van der Waals surface area contributed by atoms with Gasteiger partial charge in [0, 0.05) is 37.9 Å². The molecule has 1 saturated heterocycles. The summed E-state index contributed by atoms with van der Waals surface area (Å²) in [6.07, 6.45) is 2.17. The predicted octanol–water partition coefficient (Wildman–Crippen LogP) is 2.19. The number of hydrogen-bond acceptors (Lipinski definition) is 4. The fourth-order valence-electron chi connectivity index (χ4n) is 2.69. The normalized spacial score (nSPS) is 18.2. The van der Waals surface area contributed by atoms with E-state index in [0.29, 0.717) is 37.6 Å². The fraction of sp³-hybridized carbons (Fsp3) is 0.500. The van der Waals surface area contributed by atoms with Gasteiger partial charge in [-0.1, -0.05) is 20.4 Å². The Morgan fingerprint density at radius 2 is 2.08 bits per heavy atom. The summed E-state index contributed by atoms with van der Waals surface area (Å²) < 4.78 is 5.72. The third-order valence-corrected chi connectivity index (χ3v) is 4.29. The first-order chi connectivity index (χ1) is 11.3. The number of Topliss-reactive ketones (excluding diaryl/α,β-unsaturated/α-hetero) is 1. The van der Waals surface area contributed by atoms with Crippen molar-refractivity contribution in [3.63, 3.8) is 0 Å². The van der Waals surface area contributed by atoms with Gasteiger partial charge in [-0.25, -0.2) is 0 Å². The Bertz CT molecular complexity index is 647. The molecule has 1 aliphatic heterocycles. The maximum atomic E-state index is 12.5. The Hall–Kier alpha value is -2.37. The molecule has 130 valence electrons. The summed E-state index contributed by atoms with van der Waals surface area (Å²) in [7, 11) is 0. The van der Waals surface area contributed by atoms with Crippen molar-refractivity contribution < 1.29 is 18.8 Å². The molecule has 2 heterocycles. The molecule has 1 fully saturated rings. The number of anilines is 1. The van der Waals surface area contributed by atoms with Gasteiger partial charge >= 0.3 is 0 Å². The van der Waals surface area contributed by atoms with E-state index in [2.05, 4.69) is 6.58 Å². The van der Waals surface area contributed by atoms with Gasteiger partial charge in [-0.05, 0) is 19.1 Å². The molecule has 0 aliphatic carbocycles. The largest absolute Gasteiger partial charge is 0.445 e. The van der Waals surface area contributed by atoms with Crippen molar-refractivity contribution in [1.29, 1.82) is 0 Å². The molecule has 2 rings (SSSR count). The van der Waals surface area contributed by atoms with Crippen LogP contribution in [0.1, 0.15) is 33.0 Å². The van der Waals surface area contributed by atoms with E-state index in [-0.39, 0.29) is 23.5 Å². The highest BCUT2D eigenvalue weighted by atomic mass is 16.4. The van der Waals surface area contributed by atoms with Gasteiger partial charge in [-0.15, -0.1) is 0 Å². The van der Waals surface area contributed by atoms with Crippen LogP contribution in [0.15, 0.2) is 29.2 Å². The molecule has 24 heavy (non-hydrogen) atoms. The number of rotatable bonds is 6. The highest BCUT2D eigenvalue weighted by molar-refractivity contribution is 6.00. The van der Waals surface area contributed by atoms with Crippen molar-refractivity contribution in [1.82, 2.24) is 4.90 Å². The number of nitrogens with zero attached hydrogens (tertiary/aromatic N) is 2. The van der Waals surface area contributed by atoms with Crippen molar-refractivity contribution in [3.05, 3.63) is 30.5 Å². The third kappa shape index (κ3) is 3.75. The van der Waals surface area contributed by atoms with Gasteiger partial charge < -0.3 is 9.32 Å². The topological polar surface area (TPSA) is 70.8 Å². The number of carbonyl (C=O) groups excluding carboxylic acids is 3. The quantitative estimate of drug-likeness (QED) is 0.749. The van der Waals surface area contributed by atoms with E-state index in [1.165, 1.54) is 11.0 Å². The summed E-state index contributed by atoms with van der Waals surface area (Å²) in [5.74, 6) is 0.915. The number of aryl methyl sites for hydroxylation is 1. The molecule has 6 heteroatoms. The van der Waals surface area contributed by atoms with Gasteiger partial charge in [0.1, 0.15) is 17.6 Å². The maximum Gasteiger partial charge on any atom is 0.251 e. The average molecular weight is 332 g/mol. The lowest BCUT2D eigenvalue weighted by atomic mass is 10.0. The molecule has 1 atom stereocenters. The van der Waals surface area contributed by atoms with Crippen molar-refractivity contribution in [2.24, 2.45) is 5.92 Å². The van der Waals surface area contributed by atoms with Gasteiger partial charge in [0.2, 0.25) is 11.8 Å². The van der Waals surface area contributed by atoms with Gasteiger partial charge in [0.15, 0.2) is 0 Å². The van der Waals surface area contributed by atoms with Crippen molar-refractivity contribution in [2.45, 2.75) is 39.7 Å². The first-order valence-electron chi connectivity index (χ1n) is 8.21. The number of ketones is 1. The fourth-order valence-corrected chi connectivity index (χ4v) is 2.69. The summed E-state index contributed by atoms with van der Waals surface area (Å²) in [5.41, 5.74) is 0. The van der Waals surface area contributed by atoms with Crippen LogP contribution in [0.5, 0.6) is 0 Å². The van der Waals surface area contributed by atoms with Crippen LogP contribution < -0.4 is 4.90 Å². The first-order valence-corrected chi connectivity index (χ1v) is 8.21. The Labute approximate surface area is 142 Å². The second-order valence-corrected chi connectivity index (χ2v) is 6.26. The molecule has 1 aromatic rings. The lowest BCUT2D eigenvalue weighted by Gasteiger charge is -2.37. The minimum atomic E-state index is -0.555. The third-order valence-electron chi connectivity index (χ3n) is 4.29. The lowest BCUT2D eigenvalue weighted by Crippen LogP contribution is -2.57. The van der Waals surface area contributed by atoms with Gasteiger partial charge in [0.25, 0.3) is 5.91 Å². The molecule has 0 bridgehead atoms. The smallest absolute Gasteiger partial charge is 0.251 e. The molecule has 0 saturated carbocycles. The highest BCUT2D eigenvalue weighted by Gasteiger charge is 2.35. The Balaban J connectivity index is 2.03. The van der Waals surface area contributed by atoms with E-state index in [4.69, 9.17) is 4.42 Å². The van der Waals surface area contributed by atoms with E-state index in [1.54, 1.807) is 24.0 Å². The van der Waals surface area contributed by atoms with Crippen LogP contribution in [0.3, 0.4) is 0 Å². The molecular weight excluding hydrogens is 308 g/mol. The zero-order valence-corrected chi connectivity index (χ0v) is 14.4. The molecule has 1 aliphatic rings. The van der Waals surface area contributed by atoms with Crippen LogP contribution >= 0.6 is 0 Å². The Kier molecular flexibility index (Phi) is 5.59. The summed E-state index contributed by atoms with van der Waals surface area (Å²) in [5, 5.41) is 0. The van der Waals surface area contributed by atoms with Gasteiger partial charge in [0.05, 0.1) is 0 Å². The molecule has 0 unspecified atom stereocenters. The van der Waals surface area contributed by atoms with E-state index < -0.39 is 6.04 Å². The van der Waals surface area contributed by atoms with Crippen LogP contribution in [0.25, 0.3) is 0 Å². The molecule has 1 aromatic heterocycles. The van der Waals surface area contributed by atoms with Crippen LogP contribution in [0.2, 0.25) is 0 Å². The summed E-state index contributed by atoms with van der Waals surface area (Å²) in [6.45, 7) is 9.71. The molecule has 0 radical (unpaired) electrons. The molecule has 0 spiro atoms. The predicted molar refractivity (Wildman–Crippen MR) is 90.6 cm³/mol. The summed E-state index contributed by atoms with van der Waals surface area (Å²) >= 11 is 0. The second kappa shape index (κ2) is 7.47. The zero-order chi connectivity index (χ0) is 17.9. The summed E-state index contributed by atoms with van der Waals surface area (Å²) in [6, 6.07) is 2.98. The average Bonchev–Trinajstić information content (AvgIpc) is 3.02. The Morgan fingerprint density at radius 1 is 1.38 bits per heavy atom. The first kappa shape index (κ1) is 18.0. The van der Waals surface area contributed by atoms with Crippen molar-refractivity contribution >= 4 is 23.5 Å². The number of carbonyl (C=O) groups is 3. The number of furan rings is 1. The maximum absolute atomic E-state index is 12.5. The summed E-state index contributed by atoms with van der Waals surface area (Å²) in [4.78, 5) is 39.0. The standard InChI is InChI=1S/C18H24N2O4/c1-5-16(22)19-10-11-20(18(23)13(19)4)17-9-7-14(24-17)6-8-15(21)12(2)3/h5,7,9,12-13H,1,6,8,10-11H2,2-4H3/t13-/m1/s1. The molecule has 6 nitrogen and oxygen atoms in total. The van der Waals surface area contributed by atoms with E-state index in [9.17, 15) is 14.4 Å². The van der Waals surface area contributed by atoms with Crippen LogP contribution in [-0.2, 0) is 20.8 Å². The number of hydrogen-bond donors (Lipinski definition) is 0. The van der Waals surface area contributed by atoms with Gasteiger partial charge in [-0.3, -0.25) is 19.3 Å². The molecule has 0 aromatic carbocycles. The van der Waals surface area contributed by atoms with Crippen LogP contribution in [0.4, 0.5) is 5.88 Å². The minimum Gasteiger partial charge on any atom is -0.445 e. The van der Waals surface area contributed by atoms with Crippen LogP contribution in [0, 0.1) is 5.92 Å². The Morgan fingerprint density at radius 3 is 2.71 bits per heavy atom. The van der Waals surface area contributed by atoms with E-state index in [0.717, 1.165) is 0 Å². The van der Waals surface area contributed by atoms with E-state index >= 15 is 0 Å². The second-order valence-electron chi connectivity index (χ2n) is 6.26. The molecule has 0 N–H and O–H groups in total.